The molecule has 7 heteroatoms. The summed E-state index contributed by atoms with van der Waals surface area (Å²) in [4.78, 5) is 12.7. The van der Waals surface area contributed by atoms with Crippen molar-refractivity contribution >= 4 is 29.0 Å². The summed E-state index contributed by atoms with van der Waals surface area (Å²) in [6.45, 7) is 5.88. The van der Waals surface area contributed by atoms with Gasteiger partial charge in [0.2, 0.25) is 0 Å². The summed E-state index contributed by atoms with van der Waals surface area (Å²) in [6.07, 6.45) is 0. The van der Waals surface area contributed by atoms with Crippen molar-refractivity contribution in [3.63, 3.8) is 0 Å². The van der Waals surface area contributed by atoms with E-state index in [2.05, 4.69) is 14.9 Å². The molecule has 21 heavy (non-hydrogen) atoms. The van der Waals surface area contributed by atoms with Crippen molar-refractivity contribution in [1.29, 1.82) is 0 Å². The first kappa shape index (κ1) is 15.9. The van der Waals surface area contributed by atoms with Gasteiger partial charge in [0.15, 0.2) is 0 Å². The van der Waals surface area contributed by atoms with E-state index in [0.717, 1.165) is 11.5 Å². The Kier molecular flexibility index (Phi) is 4.58. The van der Waals surface area contributed by atoms with E-state index >= 15 is 0 Å². The van der Waals surface area contributed by atoms with Gasteiger partial charge in [-0.3, -0.25) is 4.79 Å². The Morgan fingerprint density at radius 1 is 1.43 bits per heavy atom. The van der Waals surface area contributed by atoms with Gasteiger partial charge in [-0.15, -0.1) is 5.10 Å². The van der Waals surface area contributed by atoms with Crippen LogP contribution in [0.1, 0.15) is 41.7 Å². The van der Waals surface area contributed by atoms with Gasteiger partial charge in [0, 0.05) is 22.5 Å². The number of hydrogen-bond donors (Lipinski definition) is 1. The molecule has 1 amide bonds. The SMILES string of the molecule is CC(C)(C)c1nnsc1C(=O)NCc1c(F)cccc1Cl. The lowest BCUT2D eigenvalue weighted by Crippen LogP contribution is -2.26. The van der Waals surface area contributed by atoms with Gasteiger partial charge in [-0.25, -0.2) is 4.39 Å². The van der Waals surface area contributed by atoms with Crippen LogP contribution in [0.4, 0.5) is 4.39 Å². The van der Waals surface area contributed by atoms with Gasteiger partial charge >= 0.3 is 0 Å². The van der Waals surface area contributed by atoms with E-state index in [-0.39, 0.29) is 28.5 Å². The van der Waals surface area contributed by atoms with Crippen molar-refractivity contribution in [2.75, 3.05) is 0 Å². The van der Waals surface area contributed by atoms with Crippen LogP contribution >= 0.6 is 23.1 Å². The van der Waals surface area contributed by atoms with Crippen LogP contribution in [0.2, 0.25) is 5.02 Å². The molecule has 4 nitrogen and oxygen atoms in total. The monoisotopic (exact) mass is 327 g/mol. The number of hydrogen-bond acceptors (Lipinski definition) is 4. The lowest BCUT2D eigenvalue weighted by molar-refractivity contribution is 0.0952. The summed E-state index contributed by atoms with van der Waals surface area (Å²) < 4.78 is 17.5. The Bertz CT molecular complexity index is 646. The summed E-state index contributed by atoms with van der Waals surface area (Å²) in [5, 5.41) is 6.95. The van der Waals surface area contributed by atoms with Gasteiger partial charge in [0.05, 0.1) is 5.69 Å². The zero-order valence-corrected chi connectivity index (χ0v) is 13.5. The second kappa shape index (κ2) is 6.07. The number of nitrogens with one attached hydrogen (secondary N) is 1. The highest BCUT2D eigenvalue weighted by molar-refractivity contribution is 7.08. The first-order valence-electron chi connectivity index (χ1n) is 6.34. The highest BCUT2D eigenvalue weighted by Gasteiger charge is 2.26. The minimum Gasteiger partial charge on any atom is -0.347 e. The van der Waals surface area contributed by atoms with Crippen LogP contribution in [-0.4, -0.2) is 15.5 Å². The van der Waals surface area contributed by atoms with Crippen LogP contribution in [0.25, 0.3) is 0 Å². The summed E-state index contributed by atoms with van der Waals surface area (Å²) in [7, 11) is 0. The molecule has 0 saturated carbocycles. The molecule has 1 N–H and O–H groups in total. The number of benzene rings is 1. The van der Waals surface area contributed by atoms with Crippen molar-refractivity contribution < 1.29 is 9.18 Å². The third-order valence-electron chi connectivity index (χ3n) is 2.89. The second-order valence-electron chi connectivity index (χ2n) is 5.58. The molecule has 0 atom stereocenters. The fourth-order valence-electron chi connectivity index (χ4n) is 1.78. The standard InChI is InChI=1S/C14H15ClFN3OS/c1-14(2,3)12-11(21-19-18-12)13(20)17-7-8-9(15)5-4-6-10(8)16/h4-6H,7H2,1-3H3,(H,17,20). The molecule has 1 aromatic heterocycles. The lowest BCUT2D eigenvalue weighted by Gasteiger charge is -2.16. The van der Waals surface area contributed by atoms with Crippen molar-refractivity contribution in [2.24, 2.45) is 0 Å². The van der Waals surface area contributed by atoms with Crippen LogP contribution in [0, 0.1) is 5.82 Å². The Morgan fingerprint density at radius 2 is 2.14 bits per heavy atom. The normalized spacial score (nSPS) is 11.5. The van der Waals surface area contributed by atoms with Crippen LogP contribution < -0.4 is 5.32 Å². The molecule has 2 rings (SSSR count). The minimum atomic E-state index is -0.443. The minimum absolute atomic E-state index is 0.0197. The van der Waals surface area contributed by atoms with Gasteiger partial charge in [-0.05, 0) is 23.7 Å². The molecule has 1 heterocycles. The number of amides is 1. The predicted octanol–water partition coefficient (Wildman–Crippen LogP) is 3.56. The molecular weight excluding hydrogens is 313 g/mol. The molecule has 1 aromatic carbocycles. The molecule has 0 aliphatic carbocycles. The first-order valence-corrected chi connectivity index (χ1v) is 7.49. The van der Waals surface area contributed by atoms with E-state index in [4.69, 9.17) is 11.6 Å². The van der Waals surface area contributed by atoms with Crippen LogP contribution in [0.5, 0.6) is 0 Å². The van der Waals surface area contributed by atoms with E-state index < -0.39 is 5.82 Å². The number of carbonyl (C=O) groups excluding carboxylic acids is 1. The van der Waals surface area contributed by atoms with Gasteiger partial charge in [-0.2, -0.15) is 0 Å². The van der Waals surface area contributed by atoms with Gasteiger partial charge in [-0.1, -0.05) is 42.9 Å². The summed E-state index contributed by atoms with van der Waals surface area (Å²) in [6, 6.07) is 4.41. The molecule has 0 saturated heterocycles. The maximum Gasteiger partial charge on any atom is 0.265 e. The molecule has 0 fully saturated rings. The Labute approximate surface area is 131 Å². The molecule has 0 radical (unpaired) electrons. The van der Waals surface area contributed by atoms with Gasteiger partial charge < -0.3 is 5.32 Å². The quantitative estimate of drug-likeness (QED) is 0.937. The topological polar surface area (TPSA) is 54.9 Å². The molecule has 0 bridgehead atoms. The summed E-state index contributed by atoms with van der Waals surface area (Å²) in [5.74, 6) is -0.768. The number of nitrogens with zero attached hydrogens (tertiary/aromatic N) is 2. The predicted molar refractivity (Wildman–Crippen MR) is 81.2 cm³/mol. The second-order valence-corrected chi connectivity index (χ2v) is 6.74. The van der Waals surface area contributed by atoms with E-state index in [1.54, 1.807) is 6.07 Å². The number of rotatable bonds is 3. The Morgan fingerprint density at radius 3 is 2.76 bits per heavy atom. The largest absolute Gasteiger partial charge is 0.347 e. The molecule has 0 aliphatic rings. The number of aromatic nitrogens is 2. The third kappa shape index (κ3) is 3.57. The molecule has 112 valence electrons. The Hall–Kier alpha value is -1.53. The highest BCUT2D eigenvalue weighted by Crippen LogP contribution is 2.26. The molecular formula is C14H15ClFN3OS. The number of carbonyl (C=O) groups is 1. The maximum atomic E-state index is 13.7. The number of halogens is 2. The van der Waals surface area contributed by atoms with Crippen molar-refractivity contribution in [3.8, 4) is 0 Å². The van der Waals surface area contributed by atoms with Gasteiger partial charge in [0.1, 0.15) is 10.7 Å². The zero-order chi connectivity index (χ0) is 15.6. The third-order valence-corrected chi connectivity index (χ3v) is 3.97. The van der Waals surface area contributed by atoms with Crippen molar-refractivity contribution in [3.05, 3.63) is 45.2 Å². The molecule has 0 unspecified atom stereocenters. The van der Waals surface area contributed by atoms with Crippen molar-refractivity contribution in [1.82, 2.24) is 14.9 Å². The molecule has 2 aromatic rings. The fourth-order valence-corrected chi connectivity index (χ4v) is 2.80. The Balaban J connectivity index is 2.15. The van der Waals surface area contributed by atoms with E-state index in [9.17, 15) is 9.18 Å². The summed E-state index contributed by atoms with van der Waals surface area (Å²) in [5.41, 5.74) is 0.613. The maximum absolute atomic E-state index is 13.7. The van der Waals surface area contributed by atoms with Gasteiger partial charge in [0.25, 0.3) is 5.91 Å². The van der Waals surface area contributed by atoms with E-state index in [1.807, 2.05) is 20.8 Å². The van der Waals surface area contributed by atoms with Crippen molar-refractivity contribution in [2.45, 2.75) is 32.7 Å². The van der Waals surface area contributed by atoms with Crippen LogP contribution in [0.15, 0.2) is 18.2 Å². The zero-order valence-electron chi connectivity index (χ0n) is 11.9. The van der Waals surface area contributed by atoms with E-state index in [0.29, 0.717) is 10.6 Å². The van der Waals surface area contributed by atoms with Crippen LogP contribution in [-0.2, 0) is 12.0 Å². The fraction of sp³-hybridized carbons (Fsp3) is 0.357. The molecule has 0 aliphatic heterocycles. The first-order chi connectivity index (χ1) is 9.80. The molecule has 0 spiro atoms. The summed E-state index contributed by atoms with van der Waals surface area (Å²) >= 11 is 6.96. The average Bonchev–Trinajstić information content (AvgIpc) is 2.87. The highest BCUT2D eigenvalue weighted by atomic mass is 35.5. The lowest BCUT2D eigenvalue weighted by atomic mass is 9.91. The smallest absolute Gasteiger partial charge is 0.265 e. The van der Waals surface area contributed by atoms with E-state index in [1.165, 1.54) is 12.1 Å². The average molecular weight is 328 g/mol. The van der Waals surface area contributed by atoms with Crippen LogP contribution in [0.3, 0.4) is 0 Å².